The Morgan fingerprint density at radius 1 is 1.04 bits per heavy atom. The van der Waals surface area contributed by atoms with Crippen LogP contribution in [0.3, 0.4) is 0 Å². The van der Waals surface area contributed by atoms with Gasteiger partial charge in [0.1, 0.15) is 0 Å². The van der Waals surface area contributed by atoms with Crippen LogP contribution in [-0.2, 0) is 6.18 Å². The predicted octanol–water partition coefficient (Wildman–Crippen LogP) is 5.84. The van der Waals surface area contributed by atoms with Gasteiger partial charge in [0, 0.05) is 5.92 Å². The molecule has 0 bridgehead atoms. The summed E-state index contributed by atoms with van der Waals surface area (Å²) < 4.78 is 40.3. The SMILES string of the molecule is Cc1ccc([C@@H]2Nc3c(cccc3C(F)(F)F)[C@@H]3C=CC[C@@H]32)cc1. The van der Waals surface area contributed by atoms with Crippen LogP contribution < -0.4 is 5.32 Å². The van der Waals surface area contributed by atoms with Gasteiger partial charge in [-0.25, -0.2) is 0 Å². The molecule has 1 aliphatic heterocycles. The molecule has 0 spiro atoms. The molecule has 1 aliphatic carbocycles. The molecule has 3 atom stereocenters. The van der Waals surface area contributed by atoms with Crippen LogP contribution in [0.2, 0.25) is 0 Å². The minimum absolute atomic E-state index is 0.0369. The van der Waals surface area contributed by atoms with Gasteiger partial charge in [0.25, 0.3) is 0 Å². The van der Waals surface area contributed by atoms with Crippen molar-refractivity contribution in [2.24, 2.45) is 5.92 Å². The van der Waals surface area contributed by atoms with Gasteiger partial charge in [-0.1, -0.05) is 54.1 Å². The molecule has 0 unspecified atom stereocenters. The maximum Gasteiger partial charge on any atom is 0.418 e. The van der Waals surface area contributed by atoms with E-state index in [0.717, 1.165) is 29.2 Å². The number of hydrogen-bond donors (Lipinski definition) is 1. The lowest BCUT2D eigenvalue weighted by molar-refractivity contribution is -0.137. The van der Waals surface area contributed by atoms with E-state index in [1.807, 2.05) is 37.3 Å². The smallest absolute Gasteiger partial charge is 0.377 e. The summed E-state index contributed by atoms with van der Waals surface area (Å²) in [6, 6.07) is 12.4. The molecule has 0 aromatic heterocycles. The van der Waals surface area contributed by atoms with E-state index in [0.29, 0.717) is 0 Å². The fraction of sp³-hybridized carbons (Fsp3) is 0.300. The molecule has 1 heterocycles. The second-order valence-electron chi connectivity index (χ2n) is 6.65. The van der Waals surface area contributed by atoms with Crippen molar-refractivity contribution >= 4 is 5.69 Å². The predicted molar refractivity (Wildman–Crippen MR) is 89.0 cm³/mol. The van der Waals surface area contributed by atoms with Gasteiger partial charge in [-0.2, -0.15) is 13.2 Å². The van der Waals surface area contributed by atoms with Gasteiger partial charge in [-0.3, -0.25) is 0 Å². The number of anilines is 1. The fourth-order valence-electron chi connectivity index (χ4n) is 3.96. The van der Waals surface area contributed by atoms with E-state index in [1.165, 1.54) is 6.07 Å². The number of rotatable bonds is 1. The first-order valence-electron chi connectivity index (χ1n) is 8.15. The first-order chi connectivity index (χ1) is 11.4. The van der Waals surface area contributed by atoms with Crippen LogP contribution in [0.5, 0.6) is 0 Å². The van der Waals surface area contributed by atoms with Crippen molar-refractivity contribution < 1.29 is 13.2 Å². The number of fused-ring (bicyclic) bond motifs is 3. The summed E-state index contributed by atoms with van der Waals surface area (Å²) in [4.78, 5) is 0. The zero-order valence-corrected chi connectivity index (χ0v) is 13.3. The highest BCUT2D eigenvalue weighted by molar-refractivity contribution is 5.65. The maximum atomic E-state index is 13.4. The van der Waals surface area contributed by atoms with E-state index < -0.39 is 11.7 Å². The molecule has 24 heavy (non-hydrogen) atoms. The quantitative estimate of drug-likeness (QED) is 0.648. The lowest BCUT2D eigenvalue weighted by Gasteiger charge is -2.38. The Morgan fingerprint density at radius 3 is 2.50 bits per heavy atom. The summed E-state index contributed by atoms with van der Waals surface area (Å²) in [6.45, 7) is 2.01. The minimum atomic E-state index is -4.36. The normalized spacial score (nSPS) is 25.1. The van der Waals surface area contributed by atoms with E-state index in [2.05, 4.69) is 17.5 Å². The monoisotopic (exact) mass is 329 g/mol. The van der Waals surface area contributed by atoms with Crippen LogP contribution in [-0.4, -0.2) is 0 Å². The topological polar surface area (TPSA) is 12.0 Å². The maximum absolute atomic E-state index is 13.4. The van der Waals surface area contributed by atoms with Crippen LogP contribution in [0.25, 0.3) is 0 Å². The second-order valence-corrected chi connectivity index (χ2v) is 6.65. The summed E-state index contributed by atoms with van der Waals surface area (Å²) in [5, 5.41) is 3.22. The Hall–Kier alpha value is -2.23. The zero-order valence-electron chi connectivity index (χ0n) is 13.3. The van der Waals surface area contributed by atoms with Crippen molar-refractivity contribution in [2.75, 3.05) is 5.32 Å². The molecule has 1 N–H and O–H groups in total. The van der Waals surface area contributed by atoms with Crippen molar-refractivity contribution in [3.05, 3.63) is 76.9 Å². The molecule has 4 rings (SSSR count). The number of hydrogen-bond acceptors (Lipinski definition) is 1. The summed E-state index contributed by atoms with van der Waals surface area (Å²) in [6.07, 6.45) is 0.677. The average Bonchev–Trinajstić information content (AvgIpc) is 3.03. The lowest BCUT2D eigenvalue weighted by atomic mass is 9.76. The second kappa shape index (κ2) is 5.40. The van der Waals surface area contributed by atoms with Gasteiger partial charge < -0.3 is 5.32 Å². The Bertz CT molecular complexity index is 790. The third-order valence-corrected chi connectivity index (χ3v) is 5.14. The van der Waals surface area contributed by atoms with E-state index in [-0.39, 0.29) is 23.6 Å². The lowest BCUT2D eigenvalue weighted by Crippen LogP contribution is -2.30. The number of benzene rings is 2. The van der Waals surface area contributed by atoms with Crippen LogP contribution in [0, 0.1) is 12.8 Å². The zero-order chi connectivity index (χ0) is 16.9. The average molecular weight is 329 g/mol. The van der Waals surface area contributed by atoms with Gasteiger partial charge in [0.05, 0.1) is 17.3 Å². The molecule has 2 aliphatic rings. The minimum Gasteiger partial charge on any atom is -0.377 e. The molecule has 0 saturated carbocycles. The molecule has 2 aromatic rings. The van der Waals surface area contributed by atoms with Crippen LogP contribution in [0.1, 0.15) is 40.6 Å². The molecule has 2 aromatic carbocycles. The number of nitrogens with one attached hydrogen (secondary N) is 1. The molecular formula is C20H18F3N. The molecule has 0 amide bonds. The van der Waals surface area contributed by atoms with Gasteiger partial charge in [0.15, 0.2) is 0 Å². The Labute approximate surface area is 139 Å². The Morgan fingerprint density at radius 2 is 1.79 bits per heavy atom. The van der Waals surface area contributed by atoms with E-state index in [1.54, 1.807) is 0 Å². The van der Waals surface area contributed by atoms with Crippen LogP contribution in [0.15, 0.2) is 54.6 Å². The van der Waals surface area contributed by atoms with Crippen LogP contribution >= 0.6 is 0 Å². The van der Waals surface area contributed by atoms with E-state index in [4.69, 9.17) is 0 Å². The Balaban J connectivity index is 1.84. The Kier molecular flexibility index (Phi) is 3.44. The van der Waals surface area contributed by atoms with E-state index >= 15 is 0 Å². The highest BCUT2D eigenvalue weighted by Crippen LogP contribution is 2.52. The van der Waals surface area contributed by atoms with Crippen LogP contribution in [0.4, 0.5) is 18.9 Å². The largest absolute Gasteiger partial charge is 0.418 e. The summed E-state index contributed by atoms with van der Waals surface area (Å²) in [5.74, 6) is 0.290. The van der Waals surface area contributed by atoms with Crippen molar-refractivity contribution in [2.45, 2.75) is 31.5 Å². The molecule has 1 nitrogen and oxygen atoms in total. The highest BCUT2D eigenvalue weighted by Gasteiger charge is 2.42. The molecule has 0 radical (unpaired) electrons. The van der Waals surface area contributed by atoms with Crippen molar-refractivity contribution in [3.63, 3.8) is 0 Å². The standard InChI is InChI=1S/C20H18F3N/c1-12-8-10-13(11-9-12)18-15-5-2-4-14(15)16-6-3-7-17(19(16)24-18)20(21,22)23/h2-4,6-11,14-15,18,24H,5H2,1H3/t14-,15+,18+/m1/s1. The van der Waals surface area contributed by atoms with E-state index in [9.17, 15) is 13.2 Å². The number of para-hydroxylation sites is 1. The molecule has 124 valence electrons. The fourth-order valence-corrected chi connectivity index (χ4v) is 3.96. The molecular weight excluding hydrogens is 311 g/mol. The van der Waals surface area contributed by atoms with Gasteiger partial charge in [-0.05, 0) is 36.5 Å². The van der Waals surface area contributed by atoms with Gasteiger partial charge >= 0.3 is 6.18 Å². The van der Waals surface area contributed by atoms with Crippen molar-refractivity contribution in [3.8, 4) is 0 Å². The first-order valence-corrected chi connectivity index (χ1v) is 8.15. The number of aryl methyl sites for hydroxylation is 1. The van der Waals surface area contributed by atoms with Gasteiger partial charge in [-0.15, -0.1) is 0 Å². The highest BCUT2D eigenvalue weighted by atomic mass is 19.4. The number of alkyl halides is 3. The molecule has 0 saturated heterocycles. The summed E-state index contributed by atoms with van der Waals surface area (Å²) in [5.41, 5.74) is 2.61. The summed E-state index contributed by atoms with van der Waals surface area (Å²) >= 11 is 0. The van der Waals surface area contributed by atoms with Crippen molar-refractivity contribution in [1.29, 1.82) is 0 Å². The first kappa shape index (κ1) is 15.3. The number of halogens is 3. The molecule has 0 fully saturated rings. The number of allylic oxidation sites excluding steroid dienone is 2. The third kappa shape index (κ3) is 2.41. The third-order valence-electron chi connectivity index (χ3n) is 5.14. The molecule has 4 heteroatoms. The van der Waals surface area contributed by atoms with Gasteiger partial charge in [0.2, 0.25) is 0 Å². The summed E-state index contributed by atoms with van der Waals surface area (Å²) in [7, 11) is 0. The van der Waals surface area contributed by atoms with Crippen molar-refractivity contribution in [1.82, 2.24) is 0 Å².